The van der Waals surface area contributed by atoms with Crippen LogP contribution in [0.3, 0.4) is 0 Å². The molecule has 4 rings (SSSR count). The van der Waals surface area contributed by atoms with Crippen molar-refractivity contribution in [2.75, 3.05) is 6.61 Å². The third kappa shape index (κ3) is 4.20. The van der Waals surface area contributed by atoms with Gasteiger partial charge >= 0.3 is 0 Å². The number of nitro groups is 1. The third-order valence-corrected chi connectivity index (χ3v) is 4.63. The van der Waals surface area contributed by atoms with E-state index in [0.29, 0.717) is 29.0 Å². The van der Waals surface area contributed by atoms with Gasteiger partial charge in [0.15, 0.2) is 11.4 Å². The molecule has 1 heterocycles. The number of ketones is 1. The molecule has 0 saturated carbocycles. The predicted molar refractivity (Wildman–Crippen MR) is 117 cm³/mol. The number of allylic oxidation sites excluding steroid dienone is 1. The number of carbonyl (C=O) groups excluding carboxylic acids is 1. The van der Waals surface area contributed by atoms with Gasteiger partial charge in [-0.05, 0) is 55.5 Å². The summed E-state index contributed by atoms with van der Waals surface area (Å²) in [5.41, 5.74) is 1.78. The largest absolute Gasteiger partial charge is 0.494 e. The van der Waals surface area contributed by atoms with E-state index in [9.17, 15) is 14.9 Å². The van der Waals surface area contributed by atoms with E-state index in [-0.39, 0.29) is 28.5 Å². The highest BCUT2D eigenvalue weighted by Gasteiger charge is 2.22. The van der Waals surface area contributed by atoms with E-state index in [1.165, 1.54) is 12.1 Å². The average molecular weight is 414 g/mol. The number of ether oxygens (including phenoxy) is 1. The lowest BCUT2D eigenvalue weighted by atomic mass is 10.00. The molecule has 0 aliphatic heterocycles. The summed E-state index contributed by atoms with van der Waals surface area (Å²) in [5, 5.41) is 11.5. The number of oxazole rings is 1. The Morgan fingerprint density at radius 3 is 2.48 bits per heavy atom. The van der Waals surface area contributed by atoms with E-state index in [4.69, 9.17) is 9.15 Å². The second-order valence-corrected chi connectivity index (χ2v) is 6.65. The molecule has 0 aliphatic rings. The number of fused-ring (bicyclic) bond motifs is 1. The molecule has 0 amide bonds. The molecule has 7 heteroatoms. The minimum Gasteiger partial charge on any atom is -0.494 e. The topological polar surface area (TPSA) is 95.5 Å². The van der Waals surface area contributed by atoms with Gasteiger partial charge in [0, 0.05) is 11.6 Å². The quantitative estimate of drug-likeness (QED) is 0.170. The lowest BCUT2D eigenvalue weighted by Gasteiger charge is -2.06. The van der Waals surface area contributed by atoms with Crippen molar-refractivity contribution in [2.24, 2.45) is 0 Å². The molecule has 0 radical (unpaired) electrons. The molecular formula is C24H18N2O5. The minimum atomic E-state index is -0.489. The Morgan fingerprint density at radius 2 is 1.77 bits per heavy atom. The van der Waals surface area contributed by atoms with Gasteiger partial charge in [0.2, 0.25) is 5.89 Å². The molecule has 7 nitrogen and oxygen atoms in total. The van der Waals surface area contributed by atoms with Crippen LogP contribution in [0.25, 0.3) is 22.7 Å². The average Bonchev–Trinajstić information content (AvgIpc) is 3.22. The lowest BCUT2D eigenvalue weighted by Crippen LogP contribution is -2.04. The number of benzene rings is 3. The van der Waals surface area contributed by atoms with E-state index >= 15 is 0 Å². The zero-order valence-electron chi connectivity index (χ0n) is 16.6. The van der Waals surface area contributed by atoms with Crippen molar-refractivity contribution in [1.29, 1.82) is 0 Å². The highest BCUT2D eigenvalue weighted by atomic mass is 16.6. The molecule has 4 aromatic rings. The fourth-order valence-electron chi connectivity index (χ4n) is 3.17. The molecule has 0 saturated heterocycles. The van der Waals surface area contributed by atoms with Crippen molar-refractivity contribution in [1.82, 2.24) is 4.98 Å². The van der Waals surface area contributed by atoms with E-state index < -0.39 is 4.92 Å². The first kappa shape index (κ1) is 20.0. The summed E-state index contributed by atoms with van der Waals surface area (Å²) in [6.45, 7) is 2.39. The normalized spacial score (nSPS) is 11.5. The van der Waals surface area contributed by atoms with Crippen LogP contribution in [0.15, 0.2) is 77.2 Å². The number of Topliss-reactive ketones (excluding diaryl/α,β-unsaturated/α-hetero) is 1. The van der Waals surface area contributed by atoms with Crippen LogP contribution < -0.4 is 4.74 Å². The molecule has 1 aromatic heterocycles. The fourth-order valence-corrected chi connectivity index (χ4v) is 3.17. The number of carbonyl (C=O) groups is 1. The van der Waals surface area contributed by atoms with E-state index in [2.05, 4.69) is 4.98 Å². The van der Waals surface area contributed by atoms with Crippen molar-refractivity contribution in [3.8, 4) is 5.75 Å². The summed E-state index contributed by atoms with van der Waals surface area (Å²) in [5.74, 6) is 0.371. The monoisotopic (exact) mass is 414 g/mol. The SMILES string of the molecule is CCOc1ccc(C(=O)C(=Cc2ccccc2[N+](=O)[O-])c2nc3ccccc3o2)cc1. The van der Waals surface area contributed by atoms with E-state index in [1.54, 1.807) is 60.7 Å². The zero-order chi connectivity index (χ0) is 21.8. The van der Waals surface area contributed by atoms with Gasteiger partial charge in [0.25, 0.3) is 5.69 Å². The number of nitrogens with zero attached hydrogens (tertiary/aromatic N) is 2. The first-order chi connectivity index (χ1) is 15.1. The molecule has 3 aromatic carbocycles. The summed E-state index contributed by atoms with van der Waals surface area (Å²) in [4.78, 5) is 28.8. The number of nitro benzene ring substituents is 1. The van der Waals surface area contributed by atoms with Gasteiger partial charge in [-0.2, -0.15) is 0 Å². The van der Waals surface area contributed by atoms with Gasteiger partial charge in [-0.3, -0.25) is 14.9 Å². The number of para-hydroxylation sites is 3. The summed E-state index contributed by atoms with van der Waals surface area (Å²) < 4.78 is 11.2. The third-order valence-electron chi connectivity index (χ3n) is 4.63. The van der Waals surface area contributed by atoms with Crippen LogP contribution in [0.2, 0.25) is 0 Å². The van der Waals surface area contributed by atoms with Crippen LogP contribution in [0.1, 0.15) is 28.7 Å². The highest BCUT2D eigenvalue weighted by molar-refractivity contribution is 6.31. The molecule has 31 heavy (non-hydrogen) atoms. The minimum absolute atomic E-state index is 0.0956. The Balaban J connectivity index is 1.85. The molecule has 0 atom stereocenters. The van der Waals surface area contributed by atoms with Crippen molar-refractivity contribution in [3.05, 3.63) is 99.9 Å². The van der Waals surface area contributed by atoms with Crippen LogP contribution in [0.4, 0.5) is 5.69 Å². The van der Waals surface area contributed by atoms with Gasteiger partial charge in [0.1, 0.15) is 11.3 Å². The smallest absolute Gasteiger partial charge is 0.276 e. The summed E-state index contributed by atoms with van der Waals surface area (Å²) in [6.07, 6.45) is 1.45. The molecule has 0 spiro atoms. The Morgan fingerprint density at radius 1 is 1.06 bits per heavy atom. The van der Waals surface area contributed by atoms with Gasteiger partial charge in [0.05, 0.1) is 22.7 Å². The van der Waals surface area contributed by atoms with Crippen molar-refractivity contribution >= 4 is 34.2 Å². The van der Waals surface area contributed by atoms with Gasteiger partial charge < -0.3 is 9.15 Å². The van der Waals surface area contributed by atoms with Crippen LogP contribution in [-0.2, 0) is 0 Å². The summed E-state index contributed by atoms with van der Waals surface area (Å²) >= 11 is 0. The van der Waals surface area contributed by atoms with Gasteiger partial charge in [-0.1, -0.05) is 24.3 Å². The first-order valence-electron chi connectivity index (χ1n) is 9.65. The highest BCUT2D eigenvalue weighted by Crippen LogP contribution is 2.29. The molecule has 154 valence electrons. The lowest BCUT2D eigenvalue weighted by molar-refractivity contribution is -0.385. The fraction of sp³-hybridized carbons (Fsp3) is 0.0833. The van der Waals surface area contributed by atoms with E-state index in [0.717, 1.165) is 0 Å². The molecule has 0 aliphatic carbocycles. The Kier molecular flexibility index (Phi) is 5.57. The van der Waals surface area contributed by atoms with Crippen molar-refractivity contribution in [2.45, 2.75) is 6.92 Å². The maximum Gasteiger partial charge on any atom is 0.276 e. The second-order valence-electron chi connectivity index (χ2n) is 6.65. The van der Waals surface area contributed by atoms with Gasteiger partial charge in [-0.25, -0.2) is 4.98 Å². The predicted octanol–water partition coefficient (Wildman–Crippen LogP) is 5.56. The van der Waals surface area contributed by atoms with Crippen molar-refractivity contribution in [3.63, 3.8) is 0 Å². The maximum atomic E-state index is 13.4. The second kappa shape index (κ2) is 8.62. The van der Waals surface area contributed by atoms with Crippen LogP contribution >= 0.6 is 0 Å². The maximum absolute atomic E-state index is 13.4. The van der Waals surface area contributed by atoms with E-state index in [1.807, 2.05) is 13.0 Å². The number of hydrogen-bond donors (Lipinski definition) is 0. The Labute approximate surface area is 177 Å². The number of hydrogen-bond acceptors (Lipinski definition) is 6. The van der Waals surface area contributed by atoms with Gasteiger partial charge in [-0.15, -0.1) is 0 Å². The molecule has 0 N–H and O–H groups in total. The molecule has 0 fully saturated rings. The molecule has 0 unspecified atom stereocenters. The Bertz CT molecular complexity index is 1260. The zero-order valence-corrected chi connectivity index (χ0v) is 16.6. The summed E-state index contributed by atoms with van der Waals surface area (Å²) in [7, 11) is 0. The van der Waals surface area contributed by atoms with Crippen LogP contribution in [0.5, 0.6) is 5.75 Å². The standard InChI is InChI=1S/C24H18N2O5/c1-2-30-18-13-11-16(12-14-18)23(27)19(15-17-7-3-5-9-21(17)26(28)29)24-25-20-8-4-6-10-22(20)31-24/h3-15H,2H2,1H3. The Hall–Kier alpha value is -4.26. The number of rotatable bonds is 7. The molecular weight excluding hydrogens is 396 g/mol. The van der Waals surface area contributed by atoms with Crippen LogP contribution in [-0.4, -0.2) is 22.3 Å². The first-order valence-corrected chi connectivity index (χ1v) is 9.65. The number of aromatic nitrogens is 1. The van der Waals surface area contributed by atoms with Crippen molar-refractivity contribution < 1.29 is 18.9 Å². The molecule has 0 bridgehead atoms. The van der Waals surface area contributed by atoms with Crippen LogP contribution in [0, 0.1) is 10.1 Å². The summed E-state index contributed by atoms with van der Waals surface area (Å²) in [6, 6.07) is 20.0.